The van der Waals surface area contributed by atoms with Gasteiger partial charge in [0.05, 0.1) is 18.1 Å². The number of halogens is 1. The van der Waals surface area contributed by atoms with Gasteiger partial charge in [0.15, 0.2) is 0 Å². The van der Waals surface area contributed by atoms with Crippen molar-refractivity contribution in [3.05, 3.63) is 40.4 Å². The van der Waals surface area contributed by atoms with E-state index in [2.05, 4.69) is 27.2 Å². The van der Waals surface area contributed by atoms with Gasteiger partial charge in [-0.1, -0.05) is 18.2 Å². The van der Waals surface area contributed by atoms with Crippen LogP contribution in [-0.2, 0) is 14.8 Å². The molecule has 1 N–H and O–H groups in total. The maximum atomic E-state index is 12.0. The van der Waals surface area contributed by atoms with E-state index in [-0.39, 0.29) is 11.4 Å². The second-order valence-electron chi connectivity index (χ2n) is 4.34. The van der Waals surface area contributed by atoms with Crippen molar-refractivity contribution in [1.82, 2.24) is 4.72 Å². The maximum absolute atomic E-state index is 12.0. The van der Waals surface area contributed by atoms with Crippen molar-refractivity contribution in [2.75, 3.05) is 19.8 Å². The van der Waals surface area contributed by atoms with Gasteiger partial charge < -0.3 is 4.74 Å². The van der Waals surface area contributed by atoms with Crippen LogP contribution in [0, 0.1) is 6.92 Å². The molecular weight excluding hydrogens is 330 g/mol. The van der Waals surface area contributed by atoms with E-state index in [0.29, 0.717) is 17.7 Å². The molecule has 1 rings (SSSR count). The van der Waals surface area contributed by atoms with Gasteiger partial charge in [-0.2, -0.15) is 0 Å². The largest absolute Gasteiger partial charge is 0.376 e. The standard InChI is InChI=1S/C13H18BrNO3S/c1-10(2)9-18-7-6-15-19(16,17)13-5-4-11(3)8-12(13)14/h4-5,8,15H,1,6-7,9H2,2-3H3. The number of aryl methyl sites for hydroxylation is 1. The zero-order valence-electron chi connectivity index (χ0n) is 11.1. The fourth-order valence-electron chi connectivity index (χ4n) is 1.40. The van der Waals surface area contributed by atoms with E-state index in [9.17, 15) is 8.42 Å². The lowest BCUT2D eigenvalue weighted by Crippen LogP contribution is -2.28. The summed E-state index contributed by atoms with van der Waals surface area (Å²) in [6, 6.07) is 5.11. The Labute approximate surface area is 123 Å². The highest BCUT2D eigenvalue weighted by Gasteiger charge is 2.16. The first-order chi connectivity index (χ1) is 8.83. The zero-order chi connectivity index (χ0) is 14.5. The monoisotopic (exact) mass is 347 g/mol. The van der Waals surface area contributed by atoms with Gasteiger partial charge in [0, 0.05) is 11.0 Å². The van der Waals surface area contributed by atoms with Gasteiger partial charge in [0.1, 0.15) is 0 Å². The third-order valence-corrected chi connectivity index (χ3v) is 4.70. The predicted octanol–water partition coefficient (Wildman–Crippen LogP) is 2.63. The Morgan fingerprint density at radius 3 is 2.74 bits per heavy atom. The molecule has 1 aromatic carbocycles. The summed E-state index contributed by atoms with van der Waals surface area (Å²) < 4.78 is 32.4. The molecule has 0 radical (unpaired) electrons. The zero-order valence-corrected chi connectivity index (χ0v) is 13.5. The summed E-state index contributed by atoms with van der Waals surface area (Å²) in [7, 11) is -3.51. The van der Waals surface area contributed by atoms with E-state index < -0.39 is 10.0 Å². The number of hydrogen-bond acceptors (Lipinski definition) is 3. The highest BCUT2D eigenvalue weighted by Crippen LogP contribution is 2.22. The van der Waals surface area contributed by atoms with E-state index in [0.717, 1.165) is 11.1 Å². The fourth-order valence-corrected chi connectivity index (χ4v) is 3.60. The molecule has 0 fully saturated rings. The number of sulfonamides is 1. The van der Waals surface area contributed by atoms with Crippen LogP contribution in [0.5, 0.6) is 0 Å². The van der Waals surface area contributed by atoms with Crippen molar-refractivity contribution in [2.24, 2.45) is 0 Å². The van der Waals surface area contributed by atoms with Gasteiger partial charge in [-0.3, -0.25) is 0 Å². The second-order valence-corrected chi connectivity index (χ2v) is 6.93. The van der Waals surface area contributed by atoms with Crippen LogP contribution in [0.15, 0.2) is 39.7 Å². The highest BCUT2D eigenvalue weighted by molar-refractivity contribution is 9.10. The van der Waals surface area contributed by atoms with Gasteiger partial charge in [0.25, 0.3) is 0 Å². The minimum atomic E-state index is -3.51. The van der Waals surface area contributed by atoms with Gasteiger partial charge in [0.2, 0.25) is 10.0 Å². The fraction of sp³-hybridized carbons (Fsp3) is 0.385. The van der Waals surface area contributed by atoms with Crippen LogP contribution in [0.1, 0.15) is 12.5 Å². The van der Waals surface area contributed by atoms with E-state index in [1.54, 1.807) is 18.2 Å². The summed E-state index contributed by atoms with van der Waals surface area (Å²) in [5, 5.41) is 0. The van der Waals surface area contributed by atoms with E-state index in [1.165, 1.54) is 0 Å². The molecule has 0 bridgehead atoms. The first kappa shape index (κ1) is 16.4. The van der Waals surface area contributed by atoms with Crippen molar-refractivity contribution in [2.45, 2.75) is 18.7 Å². The normalized spacial score (nSPS) is 11.5. The molecular formula is C13H18BrNO3S. The molecule has 4 nitrogen and oxygen atoms in total. The van der Waals surface area contributed by atoms with Gasteiger partial charge in [-0.15, -0.1) is 0 Å². The number of nitrogens with one attached hydrogen (secondary N) is 1. The molecule has 0 aliphatic rings. The third kappa shape index (κ3) is 5.44. The number of ether oxygens (including phenoxy) is 1. The van der Waals surface area contributed by atoms with Crippen LogP contribution < -0.4 is 4.72 Å². The summed E-state index contributed by atoms with van der Waals surface area (Å²) in [5.41, 5.74) is 1.90. The first-order valence-electron chi connectivity index (χ1n) is 5.81. The Morgan fingerprint density at radius 1 is 1.47 bits per heavy atom. The minimum absolute atomic E-state index is 0.232. The molecule has 0 saturated carbocycles. The first-order valence-corrected chi connectivity index (χ1v) is 8.08. The Bertz CT molecular complexity index is 555. The lowest BCUT2D eigenvalue weighted by atomic mass is 10.2. The minimum Gasteiger partial charge on any atom is -0.376 e. The molecule has 1 aromatic rings. The van der Waals surface area contributed by atoms with Crippen LogP contribution >= 0.6 is 15.9 Å². The summed E-state index contributed by atoms with van der Waals surface area (Å²) in [4.78, 5) is 0.234. The molecule has 0 aromatic heterocycles. The quantitative estimate of drug-likeness (QED) is 0.609. The van der Waals surface area contributed by atoms with Crippen LogP contribution in [0.3, 0.4) is 0 Å². The van der Waals surface area contributed by atoms with Crippen LogP contribution in [0.2, 0.25) is 0 Å². The predicted molar refractivity (Wildman–Crippen MR) is 79.7 cm³/mol. The van der Waals surface area contributed by atoms with Gasteiger partial charge in [-0.25, -0.2) is 13.1 Å². The van der Waals surface area contributed by atoms with Crippen molar-refractivity contribution < 1.29 is 13.2 Å². The smallest absolute Gasteiger partial charge is 0.241 e. The maximum Gasteiger partial charge on any atom is 0.241 e. The number of benzene rings is 1. The molecule has 0 atom stereocenters. The molecule has 0 aliphatic carbocycles. The number of rotatable bonds is 7. The number of hydrogen-bond donors (Lipinski definition) is 1. The molecule has 6 heteroatoms. The Hall–Kier alpha value is -0.690. The third-order valence-electron chi connectivity index (χ3n) is 2.26. The molecule has 0 spiro atoms. The van der Waals surface area contributed by atoms with E-state index in [1.807, 2.05) is 13.8 Å². The van der Waals surface area contributed by atoms with Crippen molar-refractivity contribution in [1.29, 1.82) is 0 Å². The van der Waals surface area contributed by atoms with Crippen LogP contribution in [-0.4, -0.2) is 28.2 Å². The average molecular weight is 348 g/mol. The molecule has 0 amide bonds. The van der Waals surface area contributed by atoms with Crippen molar-refractivity contribution in [3.63, 3.8) is 0 Å². The van der Waals surface area contributed by atoms with Gasteiger partial charge in [-0.05, 0) is 47.5 Å². The summed E-state index contributed by atoms with van der Waals surface area (Å²) in [6.07, 6.45) is 0. The van der Waals surface area contributed by atoms with Crippen LogP contribution in [0.25, 0.3) is 0 Å². The summed E-state index contributed by atoms with van der Waals surface area (Å²) >= 11 is 3.26. The topological polar surface area (TPSA) is 55.4 Å². The second kappa shape index (κ2) is 7.19. The molecule has 106 valence electrons. The van der Waals surface area contributed by atoms with E-state index >= 15 is 0 Å². The Balaban J connectivity index is 2.59. The SMILES string of the molecule is C=C(C)COCCNS(=O)(=O)c1ccc(C)cc1Br. The highest BCUT2D eigenvalue weighted by atomic mass is 79.9. The molecule has 0 heterocycles. The average Bonchev–Trinajstić information content (AvgIpc) is 2.27. The molecule has 0 saturated heterocycles. The Kier molecular flexibility index (Phi) is 6.19. The van der Waals surface area contributed by atoms with Crippen LogP contribution in [0.4, 0.5) is 0 Å². The summed E-state index contributed by atoms with van der Waals surface area (Å²) in [6.45, 7) is 8.44. The van der Waals surface area contributed by atoms with Gasteiger partial charge >= 0.3 is 0 Å². The lowest BCUT2D eigenvalue weighted by Gasteiger charge is -2.09. The van der Waals surface area contributed by atoms with E-state index in [4.69, 9.17) is 4.74 Å². The molecule has 0 aliphatic heterocycles. The van der Waals surface area contributed by atoms with Crippen molar-refractivity contribution >= 4 is 26.0 Å². The molecule has 19 heavy (non-hydrogen) atoms. The summed E-state index contributed by atoms with van der Waals surface area (Å²) in [5.74, 6) is 0. The molecule has 0 unspecified atom stereocenters. The lowest BCUT2D eigenvalue weighted by molar-refractivity contribution is 0.162. The Morgan fingerprint density at radius 2 is 2.16 bits per heavy atom. The van der Waals surface area contributed by atoms with Crippen molar-refractivity contribution in [3.8, 4) is 0 Å².